The molecule has 0 aliphatic rings. The smallest absolute Gasteiger partial charge is 0.121 e. The maximum Gasteiger partial charge on any atom is 0.121 e. The first-order chi connectivity index (χ1) is 3.31. The second-order valence-electron chi connectivity index (χ2n) is 1.21. The topological polar surface area (TPSA) is 17.1 Å². The zero-order valence-electron chi connectivity index (χ0n) is 4.00. The van der Waals surface area contributed by atoms with Crippen molar-refractivity contribution in [3.05, 3.63) is 12.7 Å². The number of thiol groups is 1. The van der Waals surface area contributed by atoms with E-state index in [0.29, 0.717) is 6.42 Å². The van der Waals surface area contributed by atoms with Crippen molar-refractivity contribution in [1.82, 2.24) is 0 Å². The predicted octanol–water partition coefficient (Wildman–Crippen LogP) is 1.06. The maximum atomic E-state index is 9.68. The molecule has 0 rings (SSSR count). The summed E-state index contributed by atoms with van der Waals surface area (Å²) < 4.78 is 0. The fraction of sp³-hybridized carbons (Fsp3) is 0.400. The first-order valence-corrected chi connectivity index (χ1v) is 2.57. The van der Waals surface area contributed by atoms with E-state index in [1.807, 2.05) is 0 Å². The first-order valence-electron chi connectivity index (χ1n) is 2.05. The highest BCUT2D eigenvalue weighted by Gasteiger charge is 1.90. The van der Waals surface area contributed by atoms with Crippen LogP contribution in [0.1, 0.15) is 6.42 Å². The van der Waals surface area contributed by atoms with Gasteiger partial charge in [0.2, 0.25) is 0 Å². The highest BCUT2D eigenvalue weighted by Crippen LogP contribution is 1.97. The van der Waals surface area contributed by atoms with Crippen LogP contribution < -0.4 is 0 Å². The van der Waals surface area contributed by atoms with Gasteiger partial charge >= 0.3 is 0 Å². The van der Waals surface area contributed by atoms with Gasteiger partial charge in [-0.25, -0.2) is 0 Å². The molecule has 0 aliphatic heterocycles. The molecule has 1 unspecified atom stereocenters. The number of carbonyl (C=O) groups is 1. The van der Waals surface area contributed by atoms with Crippen molar-refractivity contribution in [3.8, 4) is 0 Å². The standard InChI is InChI=1S/C5H8OS/c1-2-5(7)3-4-6/h2,4-5,7H,1,3H2. The molecular weight excluding hydrogens is 108 g/mol. The number of hydrogen-bond donors (Lipinski definition) is 1. The SMILES string of the molecule is C=CC(S)CC=O. The Morgan fingerprint density at radius 2 is 2.43 bits per heavy atom. The summed E-state index contributed by atoms with van der Waals surface area (Å²) in [4.78, 5) is 9.68. The Morgan fingerprint density at radius 1 is 1.86 bits per heavy atom. The molecule has 0 radical (unpaired) electrons. The Labute approximate surface area is 48.8 Å². The Morgan fingerprint density at radius 3 is 2.57 bits per heavy atom. The average Bonchev–Trinajstić information content (AvgIpc) is 1.68. The zero-order valence-corrected chi connectivity index (χ0v) is 4.90. The van der Waals surface area contributed by atoms with Crippen molar-refractivity contribution in [2.45, 2.75) is 11.7 Å². The van der Waals surface area contributed by atoms with Crippen molar-refractivity contribution < 1.29 is 4.79 Å². The third-order valence-electron chi connectivity index (χ3n) is 0.610. The molecule has 1 atom stereocenters. The summed E-state index contributed by atoms with van der Waals surface area (Å²) in [7, 11) is 0. The van der Waals surface area contributed by atoms with Gasteiger partial charge in [-0.2, -0.15) is 12.6 Å². The summed E-state index contributed by atoms with van der Waals surface area (Å²) in [5.74, 6) is 0. The van der Waals surface area contributed by atoms with Gasteiger partial charge < -0.3 is 4.79 Å². The van der Waals surface area contributed by atoms with E-state index >= 15 is 0 Å². The zero-order chi connectivity index (χ0) is 5.70. The molecule has 0 bridgehead atoms. The molecule has 0 fully saturated rings. The van der Waals surface area contributed by atoms with Crippen molar-refractivity contribution in [3.63, 3.8) is 0 Å². The van der Waals surface area contributed by atoms with Crippen LogP contribution in [0.2, 0.25) is 0 Å². The van der Waals surface area contributed by atoms with Gasteiger partial charge in [0.1, 0.15) is 6.29 Å². The van der Waals surface area contributed by atoms with Crippen molar-refractivity contribution >= 4 is 18.9 Å². The molecule has 0 spiro atoms. The molecule has 0 aliphatic carbocycles. The van der Waals surface area contributed by atoms with E-state index in [4.69, 9.17) is 0 Å². The third kappa shape index (κ3) is 3.59. The van der Waals surface area contributed by atoms with Gasteiger partial charge in [0.15, 0.2) is 0 Å². The molecule has 0 saturated carbocycles. The molecule has 7 heavy (non-hydrogen) atoms. The van der Waals surface area contributed by atoms with Crippen LogP contribution in [0, 0.1) is 0 Å². The van der Waals surface area contributed by atoms with Crippen LogP contribution in [0.3, 0.4) is 0 Å². The maximum absolute atomic E-state index is 9.68. The van der Waals surface area contributed by atoms with E-state index < -0.39 is 0 Å². The number of hydrogen-bond acceptors (Lipinski definition) is 2. The monoisotopic (exact) mass is 116 g/mol. The lowest BCUT2D eigenvalue weighted by Gasteiger charge is -1.92. The lowest BCUT2D eigenvalue weighted by atomic mass is 10.3. The van der Waals surface area contributed by atoms with Gasteiger partial charge in [0, 0.05) is 11.7 Å². The van der Waals surface area contributed by atoms with E-state index in [1.165, 1.54) is 0 Å². The van der Waals surface area contributed by atoms with E-state index in [0.717, 1.165) is 6.29 Å². The van der Waals surface area contributed by atoms with Gasteiger partial charge in [-0.1, -0.05) is 6.08 Å². The van der Waals surface area contributed by atoms with Gasteiger partial charge in [-0.05, 0) is 0 Å². The molecule has 0 amide bonds. The van der Waals surface area contributed by atoms with E-state index in [-0.39, 0.29) is 5.25 Å². The van der Waals surface area contributed by atoms with Gasteiger partial charge in [0.05, 0.1) is 0 Å². The highest BCUT2D eigenvalue weighted by atomic mass is 32.1. The van der Waals surface area contributed by atoms with Crippen LogP contribution in [-0.2, 0) is 4.79 Å². The van der Waals surface area contributed by atoms with Crippen LogP contribution in [0.4, 0.5) is 0 Å². The molecule has 0 N–H and O–H groups in total. The molecule has 40 valence electrons. The summed E-state index contributed by atoms with van der Waals surface area (Å²) in [6.45, 7) is 3.44. The molecule has 0 heterocycles. The molecule has 0 aromatic heterocycles. The Bertz CT molecular complexity index is 70.5. The van der Waals surface area contributed by atoms with Gasteiger partial charge in [-0.15, -0.1) is 6.58 Å². The summed E-state index contributed by atoms with van der Waals surface area (Å²) >= 11 is 3.96. The Balaban J connectivity index is 3.15. The van der Waals surface area contributed by atoms with Crippen LogP contribution in [0.5, 0.6) is 0 Å². The van der Waals surface area contributed by atoms with E-state index in [9.17, 15) is 4.79 Å². The molecular formula is C5H8OS. The largest absolute Gasteiger partial charge is 0.303 e. The summed E-state index contributed by atoms with van der Waals surface area (Å²) in [6.07, 6.45) is 2.93. The molecule has 0 aromatic carbocycles. The second-order valence-corrected chi connectivity index (χ2v) is 1.87. The lowest BCUT2D eigenvalue weighted by Crippen LogP contribution is -1.91. The molecule has 1 nitrogen and oxygen atoms in total. The van der Waals surface area contributed by atoms with Gasteiger partial charge in [0.25, 0.3) is 0 Å². The predicted molar refractivity (Wildman–Crippen MR) is 33.7 cm³/mol. The van der Waals surface area contributed by atoms with Crippen LogP contribution in [-0.4, -0.2) is 11.5 Å². The second kappa shape index (κ2) is 3.93. The van der Waals surface area contributed by atoms with Crippen molar-refractivity contribution in [1.29, 1.82) is 0 Å². The third-order valence-corrected chi connectivity index (χ3v) is 1.03. The normalized spacial score (nSPS) is 12.7. The van der Waals surface area contributed by atoms with E-state index in [2.05, 4.69) is 19.2 Å². The van der Waals surface area contributed by atoms with Crippen molar-refractivity contribution in [2.24, 2.45) is 0 Å². The summed E-state index contributed by atoms with van der Waals surface area (Å²) in [6, 6.07) is 0. The molecule has 2 heteroatoms. The quantitative estimate of drug-likeness (QED) is 0.331. The summed E-state index contributed by atoms with van der Waals surface area (Å²) in [5, 5.41) is 0.0394. The van der Waals surface area contributed by atoms with Crippen molar-refractivity contribution in [2.75, 3.05) is 0 Å². The number of carbonyl (C=O) groups excluding carboxylic acids is 1. The van der Waals surface area contributed by atoms with Crippen LogP contribution in [0.25, 0.3) is 0 Å². The van der Waals surface area contributed by atoms with Crippen LogP contribution in [0.15, 0.2) is 12.7 Å². The Kier molecular flexibility index (Phi) is 3.80. The number of rotatable bonds is 3. The van der Waals surface area contributed by atoms with E-state index in [1.54, 1.807) is 6.08 Å². The minimum Gasteiger partial charge on any atom is -0.303 e. The average molecular weight is 116 g/mol. The number of aldehydes is 1. The van der Waals surface area contributed by atoms with Gasteiger partial charge in [-0.3, -0.25) is 0 Å². The van der Waals surface area contributed by atoms with Crippen LogP contribution >= 0.6 is 12.6 Å². The molecule has 0 aromatic rings. The fourth-order valence-electron chi connectivity index (χ4n) is 0.195. The Hall–Kier alpha value is -0.240. The highest BCUT2D eigenvalue weighted by molar-refractivity contribution is 7.81. The minimum absolute atomic E-state index is 0.0394. The first kappa shape index (κ1) is 6.76. The molecule has 0 saturated heterocycles. The fourth-order valence-corrected chi connectivity index (χ4v) is 0.281. The summed E-state index contributed by atoms with van der Waals surface area (Å²) in [5.41, 5.74) is 0. The minimum atomic E-state index is 0.0394. The lowest BCUT2D eigenvalue weighted by molar-refractivity contribution is -0.107.